The first-order chi connectivity index (χ1) is 9.08. The number of hydrogen-bond donors (Lipinski definition) is 1. The number of benzene rings is 1. The van der Waals surface area contributed by atoms with Gasteiger partial charge in [0.25, 0.3) is 0 Å². The smallest absolute Gasteiger partial charge is 0.325 e. The third-order valence-corrected chi connectivity index (χ3v) is 3.31. The van der Waals surface area contributed by atoms with Crippen LogP contribution in [0.25, 0.3) is 0 Å². The third kappa shape index (κ3) is 3.47. The summed E-state index contributed by atoms with van der Waals surface area (Å²) in [7, 11) is 0. The SMILES string of the molecule is CC(C)Oc1ccc([C@@H](C(=O)O)N2CCCC2)cc1. The van der Waals surface area contributed by atoms with Crippen LogP contribution in [0.15, 0.2) is 24.3 Å². The van der Waals surface area contributed by atoms with Gasteiger partial charge in [-0.1, -0.05) is 12.1 Å². The van der Waals surface area contributed by atoms with E-state index in [0.717, 1.165) is 37.2 Å². The molecule has 0 radical (unpaired) electrons. The van der Waals surface area contributed by atoms with Crippen molar-refractivity contribution in [3.63, 3.8) is 0 Å². The van der Waals surface area contributed by atoms with Crippen molar-refractivity contribution in [1.82, 2.24) is 4.90 Å². The zero-order valence-electron chi connectivity index (χ0n) is 11.5. The van der Waals surface area contributed by atoms with Crippen molar-refractivity contribution in [2.45, 2.75) is 38.8 Å². The lowest BCUT2D eigenvalue weighted by molar-refractivity contribution is -0.143. The van der Waals surface area contributed by atoms with E-state index in [2.05, 4.69) is 0 Å². The van der Waals surface area contributed by atoms with Crippen LogP contribution in [0.2, 0.25) is 0 Å². The minimum absolute atomic E-state index is 0.125. The van der Waals surface area contributed by atoms with Crippen molar-refractivity contribution in [3.8, 4) is 5.75 Å². The maximum atomic E-state index is 11.5. The molecule has 4 heteroatoms. The highest BCUT2D eigenvalue weighted by molar-refractivity contribution is 5.75. The molecule has 1 heterocycles. The van der Waals surface area contributed by atoms with E-state index in [9.17, 15) is 9.90 Å². The molecule has 0 aromatic heterocycles. The van der Waals surface area contributed by atoms with Crippen LogP contribution in [0.1, 0.15) is 38.3 Å². The Balaban J connectivity index is 2.15. The lowest BCUT2D eigenvalue weighted by Gasteiger charge is -2.24. The number of aliphatic carboxylic acids is 1. The average molecular weight is 263 g/mol. The highest BCUT2D eigenvalue weighted by Gasteiger charge is 2.29. The van der Waals surface area contributed by atoms with Gasteiger partial charge in [-0.25, -0.2) is 0 Å². The fraction of sp³-hybridized carbons (Fsp3) is 0.533. The molecule has 1 aromatic carbocycles. The molecule has 1 aromatic rings. The van der Waals surface area contributed by atoms with Crippen LogP contribution < -0.4 is 4.74 Å². The third-order valence-electron chi connectivity index (χ3n) is 3.31. The van der Waals surface area contributed by atoms with Crippen molar-refractivity contribution in [1.29, 1.82) is 0 Å². The Kier molecular flexibility index (Phi) is 4.43. The number of carbonyl (C=O) groups is 1. The van der Waals surface area contributed by atoms with Gasteiger partial charge in [0.1, 0.15) is 11.8 Å². The Bertz CT molecular complexity index is 422. The molecule has 1 aliphatic rings. The van der Waals surface area contributed by atoms with Gasteiger partial charge < -0.3 is 9.84 Å². The number of nitrogens with zero attached hydrogens (tertiary/aromatic N) is 1. The average Bonchev–Trinajstić information content (AvgIpc) is 2.84. The van der Waals surface area contributed by atoms with Gasteiger partial charge in [-0.05, 0) is 57.5 Å². The largest absolute Gasteiger partial charge is 0.491 e. The number of likely N-dealkylation sites (tertiary alicyclic amines) is 1. The van der Waals surface area contributed by atoms with Gasteiger partial charge in [0.2, 0.25) is 0 Å². The Morgan fingerprint density at radius 3 is 2.26 bits per heavy atom. The Morgan fingerprint density at radius 1 is 1.21 bits per heavy atom. The van der Waals surface area contributed by atoms with Gasteiger partial charge in [0.05, 0.1) is 6.10 Å². The molecule has 0 bridgehead atoms. The molecule has 104 valence electrons. The Hall–Kier alpha value is -1.55. The summed E-state index contributed by atoms with van der Waals surface area (Å²) in [5.41, 5.74) is 0.825. The second-order valence-corrected chi connectivity index (χ2v) is 5.22. The van der Waals surface area contributed by atoms with Crippen molar-refractivity contribution in [2.75, 3.05) is 13.1 Å². The maximum absolute atomic E-state index is 11.5. The van der Waals surface area contributed by atoms with E-state index in [0.29, 0.717) is 0 Å². The number of rotatable bonds is 5. The first-order valence-electron chi connectivity index (χ1n) is 6.81. The fourth-order valence-corrected chi connectivity index (χ4v) is 2.51. The first kappa shape index (κ1) is 13.9. The molecule has 0 spiro atoms. The maximum Gasteiger partial charge on any atom is 0.325 e. The molecule has 2 rings (SSSR count). The minimum atomic E-state index is -0.778. The predicted molar refractivity (Wildman–Crippen MR) is 73.4 cm³/mol. The van der Waals surface area contributed by atoms with Gasteiger partial charge in [-0.15, -0.1) is 0 Å². The molecule has 1 atom stereocenters. The fourth-order valence-electron chi connectivity index (χ4n) is 2.51. The zero-order chi connectivity index (χ0) is 13.8. The van der Waals surface area contributed by atoms with E-state index in [4.69, 9.17) is 4.74 Å². The summed E-state index contributed by atoms with van der Waals surface area (Å²) < 4.78 is 5.57. The summed E-state index contributed by atoms with van der Waals surface area (Å²) >= 11 is 0. The number of carboxylic acid groups (broad SMARTS) is 1. The lowest BCUT2D eigenvalue weighted by Crippen LogP contribution is -2.31. The Labute approximate surface area is 114 Å². The van der Waals surface area contributed by atoms with Crippen molar-refractivity contribution in [3.05, 3.63) is 29.8 Å². The molecule has 0 aliphatic carbocycles. The Morgan fingerprint density at radius 2 is 1.79 bits per heavy atom. The summed E-state index contributed by atoms with van der Waals surface area (Å²) in [5.74, 6) is 0.00346. The highest BCUT2D eigenvalue weighted by atomic mass is 16.5. The second kappa shape index (κ2) is 6.06. The molecule has 0 unspecified atom stereocenters. The van der Waals surface area contributed by atoms with E-state index in [1.165, 1.54) is 0 Å². The standard InChI is InChI=1S/C15H21NO3/c1-11(2)19-13-7-5-12(6-8-13)14(15(17)18)16-9-3-4-10-16/h5-8,11,14H,3-4,9-10H2,1-2H3,(H,17,18)/t14-/m0/s1. The normalized spacial score (nSPS) is 17.6. The quantitative estimate of drug-likeness (QED) is 0.887. The van der Waals surface area contributed by atoms with Crippen LogP contribution in [0.3, 0.4) is 0 Å². The van der Waals surface area contributed by atoms with Gasteiger partial charge in [-0.3, -0.25) is 9.69 Å². The van der Waals surface area contributed by atoms with E-state index >= 15 is 0 Å². The van der Waals surface area contributed by atoms with Crippen LogP contribution >= 0.6 is 0 Å². The second-order valence-electron chi connectivity index (χ2n) is 5.22. The molecule has 0 amide bonds. The summed E-state index contributed by atoms with van der Waals surface area (Å²) in [6.45, 7) is 5.67. The highest BCUT2D eigenvalue weighted by Crippen LogP contribution is 2.27. The van der Waals surface area contributed by atoms with Crippen LogP contribution in [-0.4, -0.2) is 35.2 Å². The monoisotopic (exact) mass is 263 g/mol. The molecule has 1 saturated heterocycles. The van der Waals surface area contributed by atoms with Crippen LogP contribution in [0, 0.1) is 0 Å². The van der Waals surface area contributed by atoms with Gasteiger partial charge in [0.15, 0.2) is 0 Å². The van der Waals surface area contributed by atoms with Crippen LogP contribution in [0.5, 0.6) is 5.75 Å². The van der Waals surface area contributed by atoms with Crippen LogP contribution in [0.4, 0.5) is 0 Å². The number of hydrogen-bond acceptors (Lipinski definition) is 3. The molecule has 0 saturated carbocycles. The van der Waals surface area contributed by atoms with Crippen molar-refractivity contribution in [2.24, 2.45) is 0 Å². The van der Waals surface area contributed by atoms with Gasteiger partial charge >= 0.3 is 5.97 Å². The molecule has 1 aliphatic heterocycles. The summed E-state index contributed by atoms with van der Waals surface area (Å²) in [6, 6.07) is 6.88. The van der Waals surface area contributed by atoms with Crippen molar-refractivity contribution < 1.29 is 14.6 Å². The summed E-state index contributed by atoms with van der Waals surface area (Å²) in [5, 5.41) is 9.43. The number of ether oxygens (including phenoxy) is 1. The van der Waals surface area contributed by atoms with Gasteiger partial charge in [-0.2, -0.15) is 0 Å². The minimum Gasteiger partial charge on any atom is -0.491 e. The zero-order valence-corrected chi connectivity index (χ0v) is 11.5. The number of carboxylic acids is 1. The summed E-state index contributed by atoms with van der Waals surface area (Å²) in [4.78, 5) is 13.5. The van der Waals surface area contributed by atoms with Gasteiger partial charge in [0, 0.05) is 0 Å². The lowest BCUT2D eigenvalue weighted by atomic mass is 10.1. The van der Waals surface area contributed by atoms with Crippen LogP contribution in [-0.2, 0) is 4.79 Å². The topological polar surface area (TPSA) is 49.8 Å². The summed E-state index contributed by atoms with van der Waals surface area (Å²) in [6.07, 6.45) is 2.29. The van der Waals surface area contributed by atoms with E-state index in [1.54, 1.807) is 0 Å². The van der Waals surface area contributed by atoms with Crippen molar-refractivity contribution >= 4 is 5.97 Å². The molecule has 4 nitrogen and oxygen atoms in total. The molecular formula is C15H21NO3. The first-order valence-corrected chi connectivity index (χ1v) is 6.81. The van der Waals surface area contributed by atoms with E-state index in [1.807, 2.05) is 43.0 Å². The van der Waals surface area contributed by atoms with E-state index < -0.39 is 12.0 Å². The molecular weight excluding hydrogens is 242 g/mol. The predicted octanol–water partition coefficient (Wildman–Crippen LogP) is 2.70. The molecule has 1 fully saturated rings. The molecule has 19 heavy (non-hydrogen) atoms. The molecule has 1 N–H and O–H groups in total. The van der Waals surface area contributed by atoms with E-state index in [-0.39, 0.29) is 6.10 Å².